The standard InChI is InChI=1S/C35H35N3O6S/c1-22-10-9-13-27(18-22)37-33(39)23(2)45-28-16-14-26(15-17-28)36-35(41)29(38-34(40)24-11-7-6-8-12-24)19-25-20-31(43-4)32(44-5)21-30(25)42-3/h6-21,23H,1-5H3,(H,36,41)(H,37,39)(H,38,40)/b29-19-. The molecule has 1 atom stereocenters. The van der Waals surface area contributed by atoms with E-state index >= 15 is 0 Å². The van der Waals surface area contributed by atoms with Crippen LogP contribution in [0.5, 0.6) is 17.2 Å². The van der Waals surface area contributed by atoms with E-state index in [2.05, 4.69) is 16.0 Å². The number of thioether (sulfide) groups is 1. The van der Waals surface area contributed by atoms with E-state index in [1.807, 2.05) is 50.2 Å². The van der Waals surface area contributed by atoms with Crippen LogP contribution < -0.4 is 30.2 Å². The fourth-order valence-corrected chi connectivity index (χ4v) is 5.17. The normalized spacial score (nSPS) is 11.6. The number of methoxy groups -OCH3 is 3. The molecule has 0 saturated heterocycles. The molecule has 0 aliphatic rings. The van der Waals surface area contributed by atoms with Crippen molar-refractivity contribution in [3.05, 3.63) is 113 Å². The molecule has 45 heavy (non-hydrogen) atoms. The van der Waals surface area contributed by atoms with Gasteiger partial charge in [-0.3, -0.25) is 14.4 Å². The summed E-state index contributed by atoms with van der Waals surface area (Å²) in [5.41, 5.74) is 3.16. The first kappa shape index (κ1) is 32.7. The van der Waals surface area contributed by atoms with Crippen LogP contribution in [0.1, 0.15) is 28.4 Å². The largest absolute Gasteiger partial charge is 0.496 e. The highest BCUT2D eigenvalue weighted by Gasteiger charge is 2.19. The zero-order valence-electron chi connectivity index (χ0n) is 25.7. The molecule has 232 valence electrons. The molecule has 3 amide bonds. The summed E-state index contributed by atoms with van der Waals surface area (Å²) >= 11 is 1.40. The smallest absolute Gasteiger partial charge is 0.272 e. The molecule has 0 saturated carbocycles. The van der Waals surface area contributed by atoms with Crippen molar-refractivity contribution < 1.29 is 28.6 Å². The molecule has 0 aliphatic carbocycles. The summed E-state index contributed by atoms with van der Waals surface area (Å²) in [6.45, 7) is 3.80. The van der Waals surface area contributed by atoms with Gasteiger partial charge in [-0.05, 0) is 80.1 Å². The summed E-state index contributed by atoms with van der Waals surface area (Å²) in [6, 6.07) is 26.6. The molecule has 0 heterocycles. The van der Waals surface area contributed by atoms with Gasteiger partial charge in [0.15, 0.2) is 11.5 Å². The van der Waals surface area contributed by atoms with E-state index in [4.69, 9.17) is 14.2 Å². The number of benzene rings is 4. The molecule has 0 spiro atoms. The summed E-state index contributed by atoms with van der Waals surface area (Å²) in [5.74, 6) is 0.161. The Bertz CT molecular complexity index is 1690. The van der Waals surface area contributed by atoms with Gasteiger partial charge < -0.3 is 30.2 Å². The Morgan fingerprint density at radius 1 is 0.733 bits per heavy atom. The van der Waals surface area contributed by atoms with Crippen molar-refractivity contribution in [2.75, 3.05) is 32.0 Å². The first-order chi connectivity index (χ1) is 21.7. The minimum atomic E-state index is -0.553. The van der Waals surface area contributed by atoms with Crippen molar-refractivity contribution in [3.8, 4) is 17.2 Å². The third kappa shape index (κ3) is 8.90. The average molecular weight is 626 g/mol. The predicted molar refractivity (Wildman–Crippen MR) is 178 cm³/mol. The minimum Gasteiger partial charge on any atom is -0.496 e. The maximum absolute atomic E-state index is 13.6. The van der Waals surface area contributed by atoms with Gasteiger partial charge in [-0.15, -0.1) is 11.8 Å². The van der Waals surface area contributed by atoms with E-state index in [-0.39, 0.29) is 16.9 Å². The summed E-state index contributed by atoms with van der Waals surface area (Å²) < 4.78 is 16.3. The number of rotatable bonds is 12. The van der Waals surface area contributed by atoms with Gasteiger partial charge in [0.2, 0.25) is 5.91 Å². The summed E-state index contributed by atoms with van der Waals surface area (Å²) in [4.78, 5) is 40.2. The van der Waals surface area contributed by atoms with Crippen LogP contribution in [0.3, 0.4) is 0 Å². The van der Waals surface area contributed by atoms with Crippen molar-refractivity contribution in [3.63, 3.8) is 0 Å². The Morgan fingerprint density at radius 3 is 2.04 bits per heavy atom. The summed E-state index contributed by atoms with van der Waals surface area (Å²) in [7, 11) is 4.51. The van der Waals surface area contributed by atoms with E-state index < -0.39 is 11.8 Å². The van der Waals surface area contributed by atoms with Crippen molar-refractivity contribution in [1.82, 2.24) is 5.32 Å². The third-order valence-corrected chi connectivity index (χ3v) is 7.76. The average Bonchev–Trinajstić information content (AvgIpc) is 3.05. The lowest BCUT2D eigenvalue weighted by atomic mass is 10.1. The Labute approximate surface area is 267 Å². The molecule has 0 aliphatic heterocycles. The van der Waals surface area contributed by atoms with Crippen molar-refractivity contribution in [2.24, 2.45) is 0 Å². The molecule has 10 heteroatoms. The van der Waals surface area contributed by atoms with E-state index in [0.29, 0.717) is 34.1 Å². The van der Waals surface area contributed by atoms with Crippen LogP contribution in [0, 0.1) is 6.92 Å². The topological polar surface area (TPSA) is 115 Å². The third-order valence-electron chi connectivity index (χ3n) is 6.64. The van der Waals surface area contributed by atoms with Crippen LogP contribution in [0.4, 0.5) is 11.4 Å². The Morgan fingerprint density at radius 2 is 1.40 bits per heavy atom. The molecule has 4 aromatic carbocycles. The van der Waals surface area contributed by atoms with Gasteiger partial charge >= 0.3 is 0 Å². The molecule has 9 nitrogen and oxygen atoms in total. The van der Waals surface area contributed by atoms with Gasteiger partial charge in [0.05, 0.1) is 26.6 Å². The number of carbonyl (C=O) groups is 3. The zero-order valence-corrected chi connectivity index (χ0v) is 26.5. The van der Waals surface area contributed by atoms with Crippen LogP contribution in [0.2, 0.25) is 0 Å². The maximum atomic E-state index is 13.6. The van der Waals surface area contributed by atoms with Gasteiger partial charge in [0, 0.05) is 33.5 Å². The summed E-state index contributed by atoms with van der Waals surface area (Å²) in [5, 5.41) is 8.15. The number of anilines is 2. The van der Waals surface area contributed by atoms with E-state index in [9.17, 15) is 14.4 Å². The predicted octanol–water partition coefficient (Wildman–Crippen LogP) is 6.55. The molecular weight excluding hydrogens is 590 g/mol. The van der Waals surface area contributed by atoms with Crippen molar-refractivity contribution in [1.29, 1.82) is 0 Å². The lowest BCUT2D eigenvalue weighted by Crippen LogP contribution is -2.30. The Hall–Kier alpha value is -5.22. The highest BCUT2D eigenvalue weighted by Crippen LogP contribution is 2.35. The number of nitrogens with one attached hydrogen (secondary N) is 3. The molecule has 4 aromatic rings. The first-order valence-electron chi connectivity index (χ1n) is 14.0. The molecule has 0 fully saturated rings. The SMILES string of the molecule is COc1cc(OC)c(OC)cc1/C=C(\NC(=O)c1ccccc1)C(=O)Nc1ccc(SC(C)C(=O)Nc2cccc(C)c2)cc1. The number of hydrogen-bond donors (Lipinski definition) is 3. The van der Waals surface area contributed by atoms with Gasteiger partial charge in [-0.2, -0.15) is 0 Å². The Balaban J connectivity index is 1.53. The second kappa shape index (κ2) is 15.5. The molecule has 3 N–H and O–H groups in total. The second-order valence-electron chi connectivity index (χ2n) is 9.92. The maximum Gasteiger partial charge on any atom is 0.272 e. The fourth-order valence-electron chi connectivity index (χ4n) is 4.30. The van der Waals surface area contributed by atoms with Crippen molar-refractivity contribution in [2.45, 2.75) is 24.0 Å². The molecular formula is C35H35N3O6S. The van der Waals surface area contributed by atoms with Crippen LogP contribution in [0.15, 0.2) is 102 Å². The van der Waals surface area contributed by atoms with Crippen LogP contribution in [0.25, 0.3) is 6.08 Å². The zero-order chi connectivity index (χ0) is 32.3. The number of aryl methyl sites for hydroxylation is 1. The number of hydrogen-bond acceptors (Lipinski definition) is 7. The van der Waals surface area contributed by atoms with Gasteiger partial charge in [0.1, 0.15) is 11.4 Å². The van der Waals surface area contributed by atoms with E-state index in [0.717, 1.165) is 16.1 Å². The quantitative estimate of drug-likeness (QED) is 0.121. The van der Waals surface area contributed by atoms with Gasteiger partial charge in [0.25, 0.3) is 11.8 Å². The number of amides is 3. The van der Waals surface area contributed by atoms with Crippen LogP contribution in [-0.2, 0) is 9.59 Å². The number of ether oxygens (including phenoxy) is 3. The first-order valence-corrected chi connectivity index (χ1v) is 14.9. The lowest BCUT2D eigenvalue weighted by molar-refractivity contribution is -0.115. The molecule has 0 bridgehead atoms. The second-order valence-corrected chi connectivity index (χ2v) is 11.3. The van der Waals surface area contributed by atoms with Crippen LogP contribution in [-0.4, -0.2) is 44.3 Å². The highest BCUT2D eigenvalue weighted by molar-refractivity contribution is 8.00. The number of carbonyl (C=O) groups excluding carboxylic acids is 3. The van der Waals surface area contributed by atoms with Gasteiger partial charge in [-0.1, -0.05) is 30.3 Å². The molecule has 1 unspecified atom stereocenters. The molecule has 0 aromatic heterocycles. The fraction of sp³-hybridized carbons (Fsp3) is 0.171. The lowest BCUT2D eigenvalue weighted by Gasteiger charge is -2.15. The monoisotopic (exact) mass is 625 g/mol. The highest BCUT2D eigenvalue weighted by atomic mass is 32.2. The Kier molecular flexibility index (Phi) is 11.3. The molecule has 4 rings (SSSR count). The van der Waals surface area contributed by atoms with Crippen molar-refractivity contribution >= 4 is 46.9 Å². The van der Waals surface area contributed by atoms with E-state index in [1.165, 1.54) is 39.2 Å². The summed E-state index contributed by atoms with van der Waals surface area (Å²) in [6.07, 6.45) is 1.51. The molecule has 0 radical (unpaired) electrons. The van der Waals surface area contributed by atoms with Gasteiger partial charge in [-0.25, -0.2) is 0 Å². The minimum absolute atomic E-state index is 0.0192. The van der Waals surface area contributed by atoms with Crippen LogP contribution >= 0.6 is 11.8 Å². The van der Waals surface area contributed by atoms with E-state index in [1.54, 1.807) is 54.6 Å².